The van der Waals surface area contributed by atoms with Crippen LogP contribution in [0.25, 0.3) is 0 Å². The summed E-state index contributed by atoms with van der Waals surface area (Å²) in [5.74, 6) is -2.32. The summed E-state index contributed by atoms with van der Waals surface area (Å²) in [4.78, 5) is 22.4. The number of carbonyl (C=O) groups excluding carboxylic acids is 1. The smallest absolute Gasteiger partial charge is 0.310 e. The first-order valence-corrected chi connectivity index (χ1v) is 5.62. The average molecular weight is 234 g/mol. The van der Waals surface area contributed by atoms with Gasteiger partial charge in [-0.05, 0) is 18.4 Å². The number of carbonyl (C=O) groups is 2. The van der Waals surface area contributed by atoms with Gasteiger partial charge in [-0.2, -0.15) is 0 Å². The maximum atomic E-state index is 11.6. The van der Waals surface area contributed by atoms with E-state index in [1.165, 1.54) is 0 Å². The summed E-state index contributed by atoms with van der Waals surface area (Å²) < 4.78 is 5.11. The van der Waals surface area contributed by atoms with E-state index in [4.69, 9.17) is 9.84 Å². The van der Waals surface area contributed by atoms with Crippen molar-refractivity contribution in [2.75, 3.05) is 0 Å². The number of ether oxygens (including phenoxy) is 1. The molecule has 1 fully saturated rings. The van der Waals surface area contributed by atoms with Gasteiger partial charge in [0.05, 0.1) is 11.8 Å². The highest BCUT2D eigenvalue weighted by atomic mass is 16.5. The van der Waals surface area contributed by atoms with E-state index in [1.54, 1.807) is 0 Å². The van der Waals surface area contributed by atoms with Gasteiger partial charge in [-0.1, -0.05) is 30.3 Å². The van der Waals surface area contributed by atoms with Gasteiger partial charge in [0.1, 0.15) is 6.61 Å². The van der Waals surface area contributed by atoms with Crippen molar-refractivity contribution in [2.24, 2.45) is 11.8 Å². The van der Waals surface area contributed by atoms with Crippen LogP contribution in [0.3, 0.4) is 0 Å². The quantitative estimate of drug-likeness (QED) is 0.807. The van der Waals surface area contributed by atoms with Gasteiger partial charge in [-0.25, -0.2) is 0 Å². The maximum absolute atomic E-state index is 11.6. The summed E-state index contributed by atoms with van der Waals surface area (Å²) in [6.07, 6.45) is 1.19. The van der Waals surface area contributed by atoms with Crippen LogP contribution in [0.4, 0.5) is 0 Å². The Kier molecular flexibility index (Phi) is 3.42. The fraction of sp³-hybridized carbons (Fsp3) is 0.385. The van der Waals surface area contributed by atoms with E-state index in [9.17, 15) is 9.59 Å². The Morgan fingerprint density at radius 1 is 1.18 bits per heavy atom. The normalized spacial score (nSPS) is 22.6. The molecule has 0 radical (unpaired) electrons. The molecule has 2 atom stereocenters. The number of aliphatic carboxylic acids is 1. The largest absolute Gasteiger partial charge is 0.481 e. The Balaban J connectivity index is 1.84. The Labute approximate surface area is 99.2 Å². The van der Waals surface area contributed by atoms with Crippen LogP contribution in [0, 0.1) is 11.8 Å². The lowest BCUT2D eigenvalue weighted by molar-refractivity contribution is -0.165. The molecule has 0 heterocycles. The van der Waals surface area contributed by atoms with Crippen molar-refractivity contribution in [3.05, 3.63) is 35.9 Å². The number of hydrogen-bond donors (Lipinski definition) is 1. The third-order valence-electron chi connectivity index (χ3n) is 3.12. The first kappa shape index (κ1) is 11.6. The molecule has 1 aliphatic carbocycles. The molecule has 4 heteroatoms. The van der Waals surface area contributed by atoms with Crippen LogP contribution in [-0.2, 0) is 20.9 Å². The van der Waals surface area contributed by atoms with E-state index in [0.717, 1.165) is 5.56 Å². The molecule has 0 aromatic heterocycles. The zero-order valence-electron chi connectivity index (χ0n) is 9.33. The van der Waals surface area contributed by atoms with Crippen molar-refractivity contribution in [2.45, 2.75) is 19.4 Å². The van der Waals surface area contributed by atoms with Gasteiger partial charge in [0.15, 0.2) is 0 Å². The van der Waals surface area contributed by atoms with Crippen molar-refractivity contribution < 1.29 is 19.4 Å². The molecule has 0 spiro atoms. The molecule has 0 amide bonds. The molecule has 1 aromatic rings. The summed E-state index contributed by atoms with van der Waals surface area (Å²) in [5.41, 5.74) is 0.909. The zero-order chi connectivity index (χ0) is 12.3. The minimum atomic E-state index is -0.905. The van der Waals surface area contributed by atoms with E-state index in [-0.39, 0.29) is 6.61 Å². The highest BCUT2D eigenvalue weighted by Crippen LogP contribution is 2.35. The molecule has 1 aliphatic rings. The van der Waals surface area contributed by atoms with E-state index in [1.807, 2.05) is 30.3 Å². The molecule has 0 unspecified atom stereocenters. The van der Waals surface area contributed by atoms with Crippen molar-refractivity contribution in [3.63, 3.8) is 0 Å². The summed E-state index contributed by atoms with van der Waals surface area (Å²) in [6.45, 7) is 0.211. The third kappa shape index (κ3) is 2.64. The van der Waals surface area contributed by atoms with Crippen LogP contribution < -0.4 is 0 Å². The molecule has 4 nitrogen and oxygen atoms in total. The minimum Gasteiger partial charge on any atom is -0.481 e. The van der Waals surface area contributed by atoms with Gasteiger partial charge in [0.25, 0.3) is 0 Å². The number of benzene rings is 1. The predicted octanol–water partition coefficient (Wildman–Crippen LogP) is 1.84. The molecule has 90 valence electrons. The lowest BCUT2D eigenvalue weighted by Gasteiger charge is -2.31. The van der Waals surface area contributed by atoms with E-state index in [2.05, 4.69) is 0 Å². The van der Waals surface area contributed by atoms with E-state index >= 15 is 0 Å². The molecular weight excluding hydrogens is 220 g/mol. The molecular formula is C13H14O4. The highest BCUT2D eigenvalue weighted by molar-refractivity contribution is 5.82. The van der Waals surface area contributed by atoms with Gasteiger partial charge < -0.3 is 9.84 Å². The Bertz CT molecular complexity index is 413. The standard InChI is InChI=1S/C13H14O4/c14-12(15)10-6-7-11(10)13(16)17-8-9-4-2-1-3-5-9/h1-5,10-11H,6-8H2,(H,14,15)/t10-,11+/m0/s1. The zero-order valence-corrected chi connectivity index (χ0v) is 9.33. The van der Waals surface area contributed by atoms with Crippen LogP contribution in [0.2, 0.25) is 0 Å². The number of esters is 1. The first-order valence-electron chi connectivity index (χ1n) is 5.62. The van der Waals surface area contributed by atoms with Crippen molar-refractivity contribution in [1.29, 1.82) is 0 Å². The molecule has 1 N–H and O–H groups in total. The summed E-state index contributed by atoms with van der Waals surface area (Å²) in [7, 11) is 0. The molecule has 1 aromatic carbocycles. The van der Waals surface area contributed by atoms with Crippen molar-refractivity contribution >= 4 is 11.9 Å². The van der Waals surface area contributed by atoms with Gasteiger partial charge in [0.2, 0.25) is 0 Å². The van der Waals surface area contributed by atoms with E-state index < -0.39 is 23.8 Å². The first-order chi connectivity index (χ1) is 8.18. The lowest BCUT2D eigenvalue weighted by Crippen LogP contribution is -2.39. The Morgan fingerprint density at radius 3 is 2.35 bits per heavy atom. The third-order valence-corrected chi connectivity index (χ3v) is 3.12. The van der Waals surface area contributed by atoms with Crippen LogP contribution in [0.15, 0.2) is 30.3 Å². The summed E-state index contributed by atoms with van der Waals surface area (Å²) in [5, 5.41) is 8.83. The van der Waals surface area contributed by atoms with Crippen LogP contribution in [0.1, 0.15) is 18.4 Å². The molecule has 1 saturated carbocycles. The van der Waals surface area contributed by atoms with Crippen LogP contribution in [0.5, 0.6) is 0 Å². The van der Waals surface area contributed by atoms with Crippen molar-refractivity contribution in [3.8, 4) is 0 Å². The van der Waals surface area contributed by atoms with Gasteiger partial charge in [-0.3, -0.25) is 9.59 Å². The SMILES string of the molecule is O=C(O)[C@H]1CC[C@H]1C(=O)OCc1ccccc1. The minimum absolute atomic E-state index is 0.211. The Morgan fingerprint density at radius 2 is 1.82 bits per heavy atom. The monoisotopic (exact) mass is 234 g/mol. The lowest BCUT2D eigenvalue weighted by atomic mass is 9.74. The average Bonchev–Trinajstić information content (AvgIpc) is 2.25. The molecule has 0 saturated heterocycles. The van der Waals surface area contributed by atoms with Crippen molar-refractivity contribution in [1.82, 2.24) is 0 Å². The van der Waals surface area contributed by atoms with E-state index in [0.29, 0.717) is 12.8 Å². The maximum Gasteiger partial charge on any atom is 0.310 e. The number of carboxylic acid groups (broad SMARTS) is 1. The molecule has 17 heavy (non-hydrogen) atoms. The second-order valence-electron chi connectivity index (χ2n) is 4.22. The Hall–Kier alpha value is -1.84. The number of hydrogen-bond acceptors (Lipinski definition) is 3. The van der Waals surface area contributed by atoms with Gasteiger partial charge >= 0.3 is 11.9 Å². The highest BCUT2D eigenvalue weighted by Gasteiger charge is 2.42. The van der Waals surface area contributed by atoms with Crippen LogP contribution >= 0.6 is 0 Å². The second-order valence-corrected chi connectivity index (χ2v) is 4.22. The molecule has 2 rings (SSSR count). The fourth-order valence-electron chi connectivity index (χ4n) is 1.91. The fourth-order valence-corrected chi connectivity index (χ4v) is 1.91. The van der Waals surface area contributed by atoms with Gasteiger partial charge in [-0.15, -0.1) is 0 Å². The number of rotatable bonds is 4. The van der Waals surface area contributed by atoms with Gasteiger partial charge in [0, 0.05) is 0 Å². The predicted molar refractivity (Wildman–Crippen MR) is 60.1 cm³/mol. The van der Waals surface area contributed by atoms with Crippen LogP contribution in [-0.4, -0.2) is 17.0 Å². The molecule has 0 bridgehead atoms. The molecule has 0 aliphatic heterocycles. The topological polar surface area (TPSA) is 63.6 Å². The second kappa shape index (κ2) is 4.99. The summed E-state index contributed by atoms with van der Waals surface area (Å²) >= 11 is 0. The summed E-state index contributed by atoms with van der Waals surface area (Å²) in [6, 6.07) is 9.35. The number of carboxylic acids is 1.